The van der Waals surface area contributed by atoms with Gasteiger partial charge < -0.3 is 20.0 Å². The molecule has 0 aliphatic carbocycles. The Hall–Kier alpha value is -5.48. The van der Waals surface area contributed by atoms with E-state index in [4.69, 9.17) is 0 Å². The summed E-state index contributed by atoms with van der Waals surface area (Å²) in [7, 11) is 0. The number of phenolic OH excluding ortho intramolecular Hbond substituents is 2. The fraction of sp³-hybridized carbons (Fsp3) is 0.0526. The second kappa shape index (κ2) is 11.6. The van der Waals surface area contributed by atoms with Crippen molar-refractivity contribution in [3.05, 3.63) is 157 Å². The first-order chi connectivity index (χ1) is 20.4. The Morgan fingerprint density at radius 2 is 0.667 bits per heavy atom. The summed E-state index contributed by atoms with van der Waals surface area (Å²) in [5, 5.41) is 19.7. The summed E-state index contributed by atoms with van der Waals surface area (Å²) in [5.74, 6) is 0.487. The molecule has 0 amide bonds. The van der Waals surface area contributed by atoms with Crippen LogP contribution in [0.15, 0.2) is 146 Å². The maximum Gasteiger partial charge on any atom is 0.115 e. The number of benzene rings is 6. The maximum absolute atomic E-state index is 9.86. The Kier molecular flexibility index (Phi) is 7.35. The third-order valence-electron chi connectivity index (χ3n) is 7.32. The molecular formula is C38H32N2O2. The highest BCUT2D eigenvalue weighted by Gasteiger charge is 2.15. The molecule has 0 fully saturated rings. The smallest absolute Gasteiger partial charge is 0.115 e. The third kappa shape index (κ3) is 5.70. The summed E-state index contributed by atoms with van der Waals surface area (Å²) in [6.45, 7) is 4.18. The normalized spacial score (nSPS) is 10.8. The maximum atomic E-state index is 9.86. The average molecular weight is 549 g/mol. The zero-order chi connectivity index (χ0) is 29.1. The van der Waals surface area contributed by atoms with E-state index in [-0.39, 0.29) is 11.5 Å². The van der Waals surface area contributed by atoms with Gasteiger partial charge in [-0.05, 0) is 133 Å². The molecule has 4 nitrogen and oxygen atoms in total. The molecule has 0 aromatic heterocycles. The van der Waals surface area contributed by atoms with E-state index in [0.717, 1.165) is 45.3 Å². The Morgan fingerprint density at radius 1 is 0.357 bits per heavy atom. The van der Waals surface area contributed by atoms with Gasteiger partial charge in [0.2, 0.25) is 0 Å². The summed E-state index contributed by atoms with van der Waals surface area (Å²) in [4.78, 5) is 4.38. The monoisotopic (exact) mass is 548 g/mol. The van der Waals surface area contributed by atoms with E-state index in [1.807, 2.05) is 24.3 Å². The van der Waals surface area contributed by atoms with Gasteiger partial charge >= 0.3 is 0 Å². The van der Waals surface area contributed by atoms with Crippen LogP contribution in [-0.4, -0.2) is 10.2 Å². The van der Waals surface area contributed by atoms with Crippen LogP contribution in [0.1, 0.15) is 11.1 Å². The largest absolute Gasteiger partial charge is 0.508 e. The predicted octanol–water partition coefficient (Wildman–Crippen LogP) is 10.3. The van der Waals surface area contributed by atoms with Crippen LogP contribution in [0, 0.1) is 13.8 Å². The Labute approximate surface area is 247 Å². The predicted molar refractivity (Wildman–Crippen MR) is 174 cm³/mol. The van der Waals surface area contributed by atoms with Gasteiger partial charge in [-0.1, -0.05) is 48.5 Å². The van der Waals surface area contributed by atoms with Crippen molar-refractivity contribution in [2.45, 2.75) is 13.8 Å². The molecule has 0 heterocycles. The Balaban J connectivity index is 1.32. The van der Waals surface area contributed by atoms with Crippen molar-refractivity contribution in [2.24, 2.45) is 0 Å². The molecule has 0 spiro atoms. The standard InChI is InChI=1S/C38H32N2O2/c1-27-5-3-7-35(25-27)39(33-17-21-37(41)22-18-33)31-13-9-29(10-14-31)30-11-15-32(16-12-30)40(34-19-23-38(42)24-20-34)36-8-4-6-28(2)26-36/h3-26,41-42H,1-2H3. The van der Waals surface area contributed by atoms with Crippen molar-refractivity contribution in [3.8, 4) is 22.6 Å². The number of phenols is 2. The van der Waals surface area contributed by atoms with Gasteiger partial charge in [-0.2, -0.15) is 0 Å². The molecule has 0 saturated heterocycles. The van der Waals surface area contributed by atoms with Crippen LogP contribution in [0.2, 0.25) is 0 Å². The van der Waals surface area contributed by atoms with E-state index < -0.39 is 0 Å². The molecule has 6 rings (SSSR count). The minimum atomic E-state index is 0.244. The van der Waals surface area contributed by atoms with Crippen molar-refractivity contribution < 1.29 is 10.2 Å². The Bertz CT molecular complexity index is 1660. The van der Waals surface area contributed by atoms with Crippen LogP contribution in [0.3, 0.4) is 0 Å². The molecule has 0 aliphatic rings. The molecule has 0 saturated carbocycles. The lowest BCUT2D eigenvalue weighted by atomic mass is 10.0. The molecule has 6 aromatic carbocycles. The van der Waals surface area contributed by atoms with Gasteiger partial charge in [-0.15, -0.1) is 0 Å². The summed E-state index contributed by atoms with van der Waals surface area (Å²) in [6, 6.07) is 48.5. The number of rotatable bonds is 7. The first-order valence-electron chi connectivity index (χ1n) is 14.0. The van der Waals surface area contributed by atoms with Gasteiger partial charge in [0.25, 0.3) is 0 Å². The van der Waals surface area contributed by atoms with Crippen LogP contribution in [0.25, 0.3) is 11.1 Å². The zero-order valence-corrected chi connectivity index (χ0v) is 23.6. The molecule has 0 bridgehead atoms. The topological polar surface area (TPSA) is 46.9 Å². The second-order valence-electron chi connectivity index (χ2n) is 10.5. The Morgan fingerprint density at radius 3 is 0.976 bits per heavy atom. The molecule has 0 atom stereocenters. The fourth-order valence-electron chi connectivity index (χ4n) is 5.24. The molecule has 0 aliphatic heterocycles. The lowest BCUT2D eigenvalue weighted by Crippen LogP contribution is -2.10. The van der Waals surface area contributed by atoms with Crippen molar-refractivity contribution in [1.29, 1.82) is 0 Å². The first kappa shape index (κ1) is 26.7. The number of nitrogens with zero attached hydrogens (tertiary/aromatic N) is 2. The van der Waals surface area contributed by atoms with Crippen LogP contribution in [0.4, 0.5) is 34.1 Å². The van der Waals surface area contributed by atoms with Crippen LogP contribution >= 0.6 is 0 Å². The van der Waals surface area contributed by atoms with Gasteiger partial charge in [0.15, 0.2) is 0 Å². The summed E-state index contributed by atoms with van der Waals surface area (Å²) in [6.07, 6.45) is 0. The van der Waals surface area contributed by atoms with Crippen molar-refractivity contribution in [1.82, 2.24) is 0 Å². The number of aryl methyl sites for hydroxylation is 2. The van der Waals surface area contributed by atoms with E-state index in [9.17, 15) is 10.2 Å². The fourth-order valence-corrected chi connectivity index (χ4v) is 5.24. The van der Waals surface area contributed by atoms with Gasteiger partial charge in [-0.25, -0.2) is 0 Å². The van der Waals surface area contributed by atoms with Gasteiger partial charge in [0.05, 0.1) is 0 Å². The number of hydrogen-bond donors (Lipinski definition) is 2. The molecule has 0 unspecified atom stereocenters. The summed E-state index contributed by atoms with van der Waals surface area (Å²) < 4.78 is 0. The lowest BCUT2D eigenvalue weighted by molar-refractivity contribution is 0.475. The van der Waals surface area contributed by atoms with Crippen LogP contribution < -0.4 is 9.80 Å². The van der Waals surface area contributed by atoms with E-state index >= 15 is 0 Å². The van der Waals surface area contributed by atoms with E-state index in [0.29, 0.717) is 0 Å². The highest BCUT2D eigenvalue weighted by Crippen LogP contribution is 2.38. The van der Waals surface area contributed by atoms with E-state index in [1.54, 1.807) is 24.3 Å². The third-order valence-corrected chi connectivity index (χ3v) is 7.32. The quantitative estimate of drug-likeness (QED) is 0.208. The lowest BCUT2D eigenvalue weighted by Gasteiger charge is -2.26. The summed E-state index contributed by atoms with van der Waals surface area (Å²) in [5.41, 5.74) is 10.7. The highest BCUT2D eigenvalue weighted by molar-refractivity contribution is 5.81. The minimum Gasteiger partial charge on any atom is -0.508 e. The number of anilines is 6. The molecule has 0 radical (unpaired) electrons. The zero-order valence-electron chi connectivity index (χ0n) is 23.6. The minimum absolute atomic E-state index is 0.244. The SMILES string of the molecule is Cc1cccc(N(c2ccc(O)cc2)c2ccc(-c3ccc(N(c4ccc(O)cc4)c4cccc(C)c4)cc3)cc2)c1. The number of hydrogen-bond acceptors (Lipinski definition) is 4. The second-order valence-corrected chi connectivity index (χ2v) is 10.5. The van der Waals surface area contributed by atoms with Crippen molar-refractivity contribution in [3.63, 3.8) is 0 Å². The molecule has 4 heteroatoms. The van der Waals surface area contributed by atoms with Gasteiger partial charge in [-0.3, -0.25) is 0 Å². The van der Waals surface area contributed by atoms with Crippen molar-refractivity contribution in [2.75, 3.05) is 9.80 Å². The van der Waals surface area contributed by atoms with Gasteiger partial charge in [0.1, 0.15) is 11.5 Å². The average Bonchev–Trinajstić information content (AvgIpc) is 3.00. The van der Waals surface area contributed by atoms with Crippen LogP contribution in [-0.2, 0) is 0 Å². The molecular weight excluding hydrogens is 516 g/mol. The molecule has 206 valence electrons. The summed E-state index contributed by atoms with van der Waals surface area (Å²) >= 11 is 0. The van der Waals surface area contributed by atoms with E-state index in [2.05, 4.69) is 121 Å². The van der Waals surface area contributed by atoms with Gasteiger partial charge in [0, 0.05) is 34.1 Å². The highest BCUT2D eigenvalue weighted by atomic mass is 16.3. The van der Waals surface area contributed by atoms with Crippen molar-refractivity contribution >= 4 is 34.1 Å². The van der Waals surface area contributed by atoms with E-state index in [1.165, 1.54) is 11.1 Å². The number of aromatic hydroxyl groups is 2. The molecule has 42 heavy (non-hydrogen) atoms. The molecule has 2 N–H and O–H groups in total. The first-order valence-corrected chi connectivity index (χ1v) is 14.0. The molecule has 6 aromatic rings. The van der Waals surface area contributed by atoms with Crippen LogP contribution in [0.5, 0.6) is 11.5 Å².